The smallest absolute Gasteiger partial charge is 0.287 e. The number of ketones is 1. The van der Waals surface area contributed by atoms with Gasteiger partial charge in [-0.2, -0.15) is 4.98 Å². The number of carbonyl (C=O) groups excluding carboxylic acids is 2. The second-order valence-electron chi connectivity index (χ2n) is 9.31. The van der Waals surface area contributed by atoms with E-state index in [0.29, 0.717) is 41.4 Å². The molecule has 1 aliphatic rings. The standard InChI is InChI=1S/C24H27N3O4/c1-13(2)19(23-26-21(27-31-23)15-9-7-6-8-10-15)25-22(29)20-14(3)18-16(28)11-24(4,5)12-17(18)30-20/h6-10,13,19H,11-12H2,1-5H3,(H,25,29). The summed E-state index contributed by atoms with van der Waals surface area (Å²) >= 11 is 0. The highest BCUT2D eigenvalue weighted by Gasteiger charge is 2.37. The molecule has 0 saturated carbocycles. The van der Waals surface area contributed by atoms with Crippen LogP contribution in [0, 0.1) is 18.3 Å². The number of furan rings is 1. The summed E-state index contributed by atoms with van der Waals surface area (Å²) in [7, 11) is 0. The van der Waals surface area contributed by atoms with Crippen LogP contribution < -0.4 is 5.32 Å². The van der Waals surface area contributed by atoms with E-state index in [1.807, 2.05) is 58.0 Å². The van der Waals surface area contributed by atoms with Crippen molar-refractivity contribution in [3.05, 3.63) is 58.9 Å². The molecular weight excluding hydrogens is 394 g/mol. The van der Waals surface area contributed by atoms with E-state index in [-0.39, 0.29) is 22.9 Å². The van der Waals surface area contributed by atoms with Gasteiger partial charge in [0.15, 0.2) is 11.5 Å². The normalized spacial score (nSPS) is 16.3. The Morgan fingerprint density at radius 2 is 1.87 bits per heavy atom. The number of nitrogens with zero attached hydrogens (tertiary/aromatic N) is 2. The second kappa shape index (κ2) is 7.80. The monoisotopic (exact) mass is 421 g/mol. The van der Waals surface area contributed by atoms with Crippen molar-refractivity contribution < 1.29 is 18.5 Å². The van der Waals surface area contributed by atoms with Gasteiger partial charge in [-0.1, -0.05) is 63.2 Å². The van der Waals surface area contributed by atoms with Crippen LogP contribution in [0.4, 0.5) is 0 Å². The minimum atomic E-state index is -0.494. The van der Waals surface area contributed by atoms with Crippen molar-refractivity contribution in [1.29, 1.82) is 0 Å². The SMILES string of the molecule is Cc1c(C(=O)NC(c2nc(-c3ccccc3)no2)C(C)C)oc2c1C(=O)CC(C)(C)C2. The Kier molecular flexibility index (Phi) is 5.29. The topological polar surface area (TPSA) is 98.2 Å². The summed E-state index contributed by atoms with van der Waals surface area (Å²) in [6, 6.07) is 9.01. The quantitative estimate of drug-likeness (QED) is 0.628. The summed E-state index contributed by atoms with van der Waals surface area (Å²) in [4.78, 5) is 30.2. The maximum atomic E-state index is 13.1. The number of amides is 1. The molecule has 2 aromatic heterocycles. The van der Waals surface area contributed by atoms with Crippen molar-refractivity contribution in [1.82, 2.24) is 15.5 Å². The van der Waals surface area contributed by atoms with E-state index in [1.165, 1.54) is 0 Å². The fourth-order valence-corrected chi connectivity index (χ4v) is 4.09. The summed E-state index contributed by atoms with van der Waals surface area (Å²) in [5.74, 6) is 1.19. The summed E-state index contributed by atoms with van der Waals surface area (Å²) in [6.45, 7) is 9.74. The van der Waals surface area contributed by atoms with Crippen molar-refractivity contribution in [2.24, 2.45) is 11.3 Å². The van der Waals surface area contributed by atoms with Gasteiger partial charge < -0.3 is 14.3 Å². The first-order chi connectivity index (χ1) is 14.7. The van der Waals surface area contributed by atoms with E-state index < -0.39 is 11.9 Å². The highest BCUT2D eigenvalue weighted by molar-refractivity contribution is 6.03. The molecule has 0 aliphatic heterocycles. The Morgan fingerprint density at radius 1 is 1.16 bits per heavy atom. The average Bonchev–Trinajstić information content (AvgIpc) is 3.30. The van der Waals surface area contributed by atoms with Crippen LogP contribution in [-0.2, 0) is 6.42 Å². The highest BCUT2D eigenvalue weighted by atomic mass is 16.5. The van der Waals surface area contributed by atoms with Crippen molar-refractivity contribution in [3.63, 3.8) is 0 Å². The Labute approximate surface area is 181 Å². The Morgan fingerprint density at radius 3 is 2.55 bits per heavy atom. The van der Waals surface area contributed by atoms with Crippen LogP contribution in [0.5, 0.6) is 0 Å². The van der Waals surface area contributed by atoms with E-state index >= 15 is 0 Å². The van der Waals surface area contributed by atoms with Gasteiger partial charge in [0, 0.05) is 24.0 Å². The van der Waals surface area contributed by atoms with Crippen LogP contribution in [0.25, 0.3) is 11.4 Å². The van der Waals surface area contributed by atoms with Crippen molar-refractivity contribution in [2.75, 3.05) is 0 Å². The first-order valence-electron chi connectivity index (χ1n) is 10.5. The van der Waals surface area contributed by atoms with Crippen LogP contribution in [0.1, 0.15) is 78.3 Å². The molecule has 7 heteroatoms. The van der Waals surface area contributed by atoms with Crippen molar-refractivity contribution in [2.45, 2.75) is 53.5 Å². The van der Waals surface area contributed by atoms with Gasteiger partial charge in [-0.05, 0) is 18.3 Å². The Bertz CT molecular complexity index is 1130. The lowest BCUT2D eigenvalue weighted by atomic mass is 9.76. The molecule has 1 N–H and O–H groups in total. The van der Waals surface area contributed by atoms with Crippen LogP contribution >= 0.6 is 0 Å². The second-order valence-corrected chi connectivity index (χ2v) is 9.31. The molecule has 4 rings (SSSR count). The highest BCUT2D eigenvalue weighted by Crippen LogP contribution is 2.38. The number of carbonyl (C=O) groups is 2. The number of nitrogens with one attached hydrogen (secondary N) is 1. The average molecular weight is 421 g/mol. The van der Waals surface area contributed by atoms with Gasteiger partial charge in [0.1, 0.15) is 11.8 Å². The van der Waals surface area contributed by atoms with Gasteiger partial charge in [0.05, 0.1) is 5.56 Å². The van der Waals surface area contributed by atoms with E-state index in [2.05, 4.69) is 15.5 Å². The number of aromatic nitrogens is 2. The number of hydrogen-bond acceptors (Lipinski definition) is 6. The molecule has 1 unspecified atom stereocenters. The number of benzene rings is 1. The predicted molar refractivity (Wildman–Crippen MR) is 115 cm³/mol. The molecule has 0 saturated heterocycles. The van der Waals surface area contributed by atoms with E-state index in [1.54, 1.807) is 6.92 Å². The van der Waals surface area contributed by atoms with E-state index in [4.69, 9.17) is 8.94 Å². The zero-order valence-corrected chi connectivity index (χ0v) is 18.5. The molecule has 0 bridgehead atoms. The van der Waals surface area contributed by atoms with Gasteiger partial charge in [-0.25, -0.2) is 0 Å². The van der Waals surface area contributed by atoms with E-state index in [9.17, 15) is 9.59 Å². The molecule has 162 valence electrons. The molecule has 0 fully saturated rings. The molecule has 31 heavy (non-hydrogen) atoms. The lowest BCUT2D eigenvalue weighted by molar-refractivity contribution is 0.0868. The zero-order valence-electron chi connectivity index (χ0n) is 18.5. The molecule has 3 aromatic rings. The number of hydrogen-bond donors (Lipinski definition) is 1. The third kappa shape index (κ3) is 4.04. The van der Waals surface area contributed by atoms with Gasteiger partial charge >= 0.3 is 0 Å². The third-order valence-electron chi connectivity index (χ3n) is 5.68. The molecule has 1 amide bonds. The first kappa shape index (κ1) is 21.0. The van der Waals surface area contributed by atoms with Crippen LogP contribution in [0.15, 0.2) is 39.3 Å². The zero-order chi connectivity index (χ0) is 22.3. The predicted octanol–water partition coefficient (Wildman–Crippen LogP) is 4.92. The summed E-state index contributed by atoms with van der Waals surface area (Å²) in [5, 5.41) is 7.02. The third-order valence-corrected chi connectivity index (χ3v) is 5.68. The van der Waals surface area contributed by atoms with Crippen LogP contribution in [0.3, 0.4) is 0 Å². The van der Waals surface area contributed by atoms with Crippen LogP contribution in [0.2, 0.25) is 0 Å². The molecule has 7 nitrogen and oxygen atoms in total. The Hall–Kier alpha value is -3.22. The molecule has 0 radical (unpaired) electrons. The summed E-state index contributed by atoms with van der Waals surface area (Å²) < 4.78 is 11.4. The number of rotatable bonds is 5. The van der Waals surface area contributed by atoms with Gasteiger partial charge in [-0.3, -0.25) is 9.59 Å². The molecule has 1 aliphatic carbocycles. The lowest BCUT2D eigenvalue weighted by Crippen LogP contribution is -2.32. The van der Waals surface area contributed by atoms with Gasteiger partial charge in [0.2, 0.25) is 11.7 Å². The Balaban J connectivity index is 1.60. The lowest BCUT2D eigenvalue weighted by Gasteiger charge is -2.27. The largest absolute Gasteiger partial charge is 0.455 e. The molecule has 1 aromatic carbocycles. The maximum absolute atomic E-state index is 13.1. The van der Waals surface area contributed by atoms with Gasteiger partial charge in [-0.15, -0.1) is 0 Å². The van der Waals surface area contributed by atoms with E-state index in [0.717, 1.165) is 5.56 Å². The molecular formula is C24H27N3O4. The number of fused-ring (bicyclic) bond motifs is 1. The molecule has 2 heterocycles. The molecule has 0 spiro atoms. The minimum Gasteiger partial charge on any atom is -0.455 e. The fraction of sp³-hybridized carbons (Fsp3) is 0.417. The van der Waals surface area contributed by atoms with Crippen molar-refractivity contribution in [3.8, 4) is 11.4 Å². The maximum Gasteiger partial charge on any atom is 0.287 e. The summed E-state index contributed by atoms with van der Waals surface area (Å²) in [6.07, 6.45) is 1.07. The summed E-state index contributed by atoms with van der Waals surface area (Å²) in [5.41, 5.74) is 1.79. The molecule has 1 atom stereocenters. The van der Waals surface area contributed by atoms with Crippen LogP contribution in [-0.4, -0.2) is 21.8 Å². The first-order valence-corrected chi connectivity index (χ1v) is 10.5. The van der Waals surface area contributed by atoms with Crippen molar-refractivity contribution >= 4 is 11.7 Å². The number of Topliss-reactive ketones (excluding diaryl/α,β-unsaturated/α-hetero) is 1. The minimum absolute atomic E-state index is 0.00141. The van der Waals surface area contributed by atoms with Gasteiger partial charge in [0.25, 0.3) is 5.91 Å². The fourth-order valence-electron chi connectivity index (χ4n) is 4.09.